The van der Waals surface area contributed by atoms with Crippen LogP contribution in [0.5, 0.6) is 0 Å². The molecule has 0 aliphatic heterocycles. The number of fused-ring (bicyclic) bond motifs is 1. The summed E-state index contributed by atoms with van der Waals surface area (Å²) in [4.78, 5) is 31.9. The highest BCUT2D eigenvalue weighted by Gasteiger charge is 2.16. The van der Waals surface area contributed by atoms with Crippen molar-refractivity contribution in [2.75, 3.05) is 5.32 Å². The van der Waals surface area contributed by atoms with Crippen LogP contribution >= 0.6 is 11.6 Å². The molecule has 10 heteroatoms. The van der Waals surface area contributed by atoms with E-state index in [9.17, 15) is 9.59 Å². The lowest BCUT2D eigenvalue weighted by molar-refractivity contribution is -0.115. The minimum atomic E-state index is -0.338. The van der Waals surface area contributed by atoms with E-state index in [0.29, 0.717) is 33.1 Å². The van der Waals surface area contributed by atoms with Crippen LogP contribution in [-0.4, -0.2) is 35.4 Å². The Balaban J connectivity index is 1.68. The average molecular weight is 398 g/mol. The molecule has 0 spiro atoms. The number of aromatic amines is 1. The van der Waals surface area contributed by atoms with Gasteiger partial charge in [-0.3, -0.25) is 19.3 Å². The van der Waals surface area contributed by atoms with Crippen LogP contribution in [0.2, 0.25) is 5.02 Å². The van der Waals surface area contributed by atoms with Gasteiger partial charge in [-0.15, -0.1) is 0 Å². The summed E-state index contributed by atoms with van der Waals surface area (Å²) in [6, 6.07) is 8.84. The van der Waals surface area contributed by atoms with E-state index in [1.54, 1.807) is 38.2 Å². The normalized spacial score (nSPS) is 11.1. The molecule has 0 aliphatic carbocycles. The van der Waals surface area contributed by atoms with Gasteiger partial charge >= 0.3 is 0 Å². The third-order valence-electron chi connectivity index (χ3n) is 4.20. The Morgan fingerprint density at radius 2 is 2.11 bits per heavy atom. The number of halogens is 1. The number of aryl methyl sites for hydroxylation is 2. The number of hydrogen-bond acceptors (Lipinski definition) is 5. The highest BCUT2D eigenvalue weighted by molar-refractivity contribution is 6.31. The van der Waals surface area contributed by atoms with Crippen molar-refractivity contribution in [1.29, 1.82) is 0 Å². The van der Waals surface area contributed by atoms with E-state index in [1.807, 2.05) is 6.07 Å². The highest BCUT2D eigenvalue weighted by atomic mass is 35.5. The van der Waals surface area contributed by atoms with Crippen molar-refractivity contribution in [3.63, 3.8) is 0 Å². The summed E-state index contributed by atoms with van der Waals surface area (Å²) < 4.78 is 2.88. The molecule has 0 fully saturated rings. The van der Waals surface area contributed by atoms with Gasteiger partial charge in [-0.2, -0.15) is 19.9 Å². The molecule has 28 heavy (non-hydrogen) atoms. The van der Waals surface area contributed by atoms with Gasteiger partial charge < -0.3 is 5.32 Å². The number of carbonyl (C=O) groups is 1. The van der Waals surface area contributed by atoms with Gasteiger partial charge in [-0.05, 0) is 18.6 Å². The number of aromatic nitrogens is 6. The first-order valence-corrected chi connectivity index (χ1v) is 8.82. The Hall–Kier alpha value is -3.46. The molecular weight excluding hydrogens is 382 g/mol. The molecule has 4 aromatic rings. The van der Waals surface area contributed by atoms with Crippen molar-refractivity contribution in [3.8, 4) is 5.95 Å². The lowest BCUT2D eigenvalue weighted by Gasteiger charge is -2.09. The molecule has 2 N–H and O–H groups in total. The smallest absolute Gasteiger partial charge is 0.263 e. The predicted molar refractivity (Wildman–Crippen MR) is 105 cm³/mol. The van der Waals surface area contributed by atoms with Crippen molar-refractivity contribution in [1.82, 2.24) is 29.5 Å². The second kappa shape index (κ2) is 6.93. The maximum atomic E-state index is 12.5. The van der Waals surface area contributed by atoms with Crippen LogP contribution in [0, 0.1) is 6.92 Å². The zero-order valence-corrected chi connectivity index (χ0v) is 15.9. The molecule has 0 saturated carbocycles. The van der Waals surface area contributed by atoms with Crippen molar-refractivity contribution in [2.45, 2.75) is 13.3 Å². The number of rotatable bonds is 4. The molecule has 3 aromatic heterocycles. The Morgan fingerprint density at radius 1 is 1.32 bits per heavy atom. The lowest BCUT2D eigenvalue weighted by Crippen LogP contribution is -2.20. The van der Waals surface area contributed by atoms with Gasteiger partial charge in [0.15, 0.2) is 5.65 Å². The molecule has 9 nitrogen and oxygen atoms in total. The fraction of sp³-hybridized carbons (Fsp3) is 0.167. The monoisotopic (exact) mass is 397 g/mol. The summed E-state index contributed by atoms with van der Waals surface area (Å²) in [5.41, 5.74) is 1.45. The van der Waals surface area contributed by atoms with Crippen LogP contribution in [0.4, 0.5) is 5.82 Å². The summed E-state index contributed by atoms with van der Waals surface area (Å²) >= 11 is 6.12. The van der Waals surface area contributed by atoms with Crippen LogP contribution in [0.15, 0.2) is 41.3 Å². The molecule has 0 bridgehead atoms. The largest absolute Gasteiger partial charge is 0.310 e. The number of H-pyrrole nitrogens is 1. The molecule has 142 valence electrons. The van der Waals surface area contributed by atoms with E-state index < -0.39 is 0 Å². The van der Waals surface area contributed by atoms with Gasteiger partial charge in [-0.1, -0.05) is 29.8 Å². The van der Waals surface area contributed by atoms with E-state index in [2.05, 4.69) is 25.5 Å². The van der Waals surface area contributed by atoms with Gasteiger partial charge in [0.2, 0.25) is 11.9 Å². The predicted octanol–water partition coefficient (Wildman–Crippen LogP) is 1.99. The molecule has 0 atom stereocenters. The van der Waals surface area contributed by atoms with Crippen molar-refractivity contribution in [2.24, 2.45) is 7.05 Å². The SMILES string of the molecule is Cc1cc(NC(=O)Cc2ccccc2Cl)n(-c2nc3c(cnn3C)c(=O)[nH]2)n1. The van der Waals surface area contributed by atoms with Gasteiger partial charge in [0, 0.05) is 18.1 Å². The summed E-state index contributed by atoms with van der Waals surface area (Å²) in [6.07, 6.45) is 1.56. The quantitative estimate of drug-likeness (QED) is 0.547. The fourth-order valence-corrected chi connectivity index (χ4v) is 3.08. The molecule has 3 heterocycles. The Labute approximate surface area is 164 Å². The minimum absolute atomic E-state index is 0.106. The van der Waals surface area contributed by atoms with Gasteiger partial charge in [0.25, 0.3) is 5.56 Å². The Bertz CT molecular complexity index is 1250. The first-order valence-electron chi connectivity index (χ1n) is 8.44. The first kappa shape index (κ1) is 17.9. The number of nitrogens with one attached hydrogen (secondary N) is 2. The number of anilines is 1. The van der Waals surface area contributed by atoms with Gasteiger partial charge in [0.1, 0.15) is 11.2 Å². The molecule has 0 radical (unpaired) electrons. The number of hydrogen-bond donors (Lipinski definition) is 2. The first-order chi connectivity index (χ1) is 13.4. The molecule has 4 rings (SSSR count). The lowest BCUT2D eigenvalue weighted by atomic mass is 10.1. The minimum Gasteiger partial charge on any atom is -0.310 e. The van der Waals surface area contributed by atoms with Crippen molar-refractivity contribution < 1.29 is 4.79 Å². The molecule has 0 unspecified atom stereocenters. The molecule has 0 aliphatic rings. The van der Waals surface area contributed by atoms with Crippen molar-refractivity contribution >= 4 is 34.4 Å². The zero-order valence-electron chi connectivity index (χ0n) is 15.1. The molecular formula is C18H16ClN7O2. The van der Waals surface area contributed by atoms with Crippen LogP contribution in [0.3, 0.4) is 0 Å². The maximum absolute atomic E-state index is 12.5. The van der Waals surface area contributed by atoms with Gasteiger partial charge in [0.05, 0.1) is 18.3 Å². The highest BCUT2D eigenvalue weighted by Crippen LogP contribution is 2.18. The van der Waals surface area contributed by atoms with E-state index in [4.69, 9.17) is 11.6 Å². The summed E-state index contributed by atoms with van der Waals surface area (Å²) in [5, 5.41) is 12.1. The third-order valence-corrected chi connectivity index (χ3v) is 4.57. The number of nitrogens with zero attached hydrogens (tertiary/aromatic N) is 5. The second-order valence-corrected chi connectivity index (χ2v) is 6.70. The topological polar surface area (TPSA) is 110 Å². The van der Waals surface area contributed by atoms with Gasteiger partial charge in [-0.25, -0.2) is 0 Å². The fourth-order valence-electron chi connectivity index (χ4n) is 2.87. The summed E-state index contributed by atoms with van der Waals surface area (Å²) in [5.74, 6) is 0.305. The standard InChI is InChI=1S/C18H16ClN7O2/c1-10-7-14(21-15(27)8-11-5-3-4-6-13(11)19)26(24-10)18-22-16-12(17(28)23-18)9-20-25(16)2/h3-7,9H,8H2,1-2H3,(H,21,27)(H,22,23,28). The van der Waals surface area contributed by atoms with Crippen molar-refractivity contribution in [3.05, 3.63) is 63.2 Å². The average Bonchev–Trinajstić information content (AvgIpc) is 3.20. The van der Waals surface area contributed by atoms with Crippen LogP contribution in [-0.2, 0) is 18.3 Å². The van der Waals surface area contributed by atoms with E-state index in [1.165, 1.54) is 15.6 Å². The van der Waals surface area contributed by atoms with Crippen LogP contribution in [0.25, 0.3) is 17.0 Å². The van der Waals surface area contributed by atoms with Crippen LogP contribution < -0.4 is 10.9 Å². The molecule has 0 saturated heterocycles. The van der Waals surface area contributed by atoms with E-state index in [-0.39, 0.29) is 23.8 Å². The number of benzene rings is 1. The van der Waals surface area contributed by atoms with E-state index in [0.717, 1.165) is 0 Å². The van der Waals surface area contributed by atoms with E-state index >= 15 is 0 Å². The van der Waals surface area contributed by atoms with Crippen LogP contribution in [0.1, 0.15) is 11.3 Å². The third kappa shape index (κ3) is 3.27. The number of amides is 1. The molecule has 1 aromatic carbocycles. The summed E-state index contributed by atoms with van der Waals surface area (Å²) in [6.45, 7) is 1.78. The Kier molecular flexibility index (Phi) is 4.44. The maximum Gasteiger partial charge on any atom is 0.263 e. The zero-order chi connectivity index (χ0) is 19.8. The molecule has 1 amide bonds. The second-order valence-electron chi connectivity index (χ2n) is 6.29. The Morgan fingerprint density at radius 3 is 2.89 bits per heavy atom. The number of carbonyl (C=O) groups excluding carboxylic acids is 1. The summed E-state index contributed by atoms with van der Waals surface area (Å²) in [7, 11) is 1.69.